The molecule has 1 aliphatic rings. The predicted octanol–water partition coefficient (Wildman–Crippen LogP) is 9.97. The zero-order valence-electron chi connectivity index (χ0n) is 30.1. The van der Waals surface area contributed by atoms with Gasteiger partial charge in [-0.15, -0.1) is 0 Å². The Bertz CT molecular complexity index is 1990. The van der Waals surface area contributed by atoms with Crippen LogP contribution in [-0.2, 0) is 21.4 Å². The van der Waals surface area contributed by atoms with Crippen LogP contribution in [0.4, 0.5) is 0 Å². The number of ether oxygens (including phenoxy) is 6. The highest BCUT2D eigenvalue weighted by atomic mass is 16.6. The SMILES string of the molecule is C=CC(=O)Oc1ccccc1OC1CCCCC1.C=CC(=O)Oc1ccccc1Oc1ccccc1.C=CC(=O)Oc1ccccc1Oc1ccn(C)c1. The molecule has 4 aromatic carbocycles. The number of para-hydroxylation sites is 7. The molecule has 6 rings (SSSR count). The molecule has 10 heteroatoms. The molecule has 0 aliphatic heterocycles. The Balaban J connectivity index is 0.000000180. The van der Waals surface area contributed by atoms with Gasteiger partial charge in [-0.2, -0.15) is 0 Å². The van der Waals surface area contributed by atoms with Gasteiger partial charge in [-0.1, -0.05) is 80.8 Å². The lowest BCUT2D eigenvalue weighted by atomic mass is 9.98. The number of benzene rings is 4. The molecule has 1 fully saturated rings. The van der Waals surface area contributed by atoms with Gasteiger partial charge in [-0.3, -0.25) is 0 Å². The Kier molecular flexibility index (Phi) is 15.9. The molecule has 0 amide bonds. The molecule has 0 spiro atoms. The summed E-state index contributed by atoms with van der Waals surface area (Å²) in [5.74, 6) is 2.68. The van der Waals surface area contributed by atoms with Crippen LogP contribution in [0.15, 0.2) is 160 Å². The lowest BCUT2D eigenvalue weighted by molar-refractivity contribution is -0.130. The van der Waals surface area contributed by atoms with E-state index in [-0.39, 0.29) is 6.10 Å². The zero-order valence-corrected chi connectivity index (χ0v) is 30.1. The maximum Gasteiger partial charge on any atom is 0.335 e. The van der Waals surface area contributed by atoms with Gasteiger partial charge < -0.3 is 33.0 Å². The molecule has 278 valence electrons. The van der Waals surface area contributed by atoms with Crippen molar-refractivity contribution in [2.75, 3.05) is 0 Å². The van der Waals surface area contributed by atoms with Crippen LogP contribution in [0.25, 0.3) is 0 Å². The molecule has 1 aliphatic carbocycles. The van der Waals surface area contributed by atoms with E-state index in [1.807, 2.05) is 90.7 Å². The number of esters is 3. The maximum atomic E-state index is 11.2. The number of hydrogen-bond acceptors (Lipinski definition) is 9. The third-order valence-electron chi connectivity index (χ3n) is 7.53. The third kappa shape index (κ3) is 13.4. The van der Waals surface area contributed by atoms with Crippen molar-refractivity contribution in [1.29, 1.82) is 0 Å². The normalized spacial score (nSPS) is 11.8. The van der Waals surface area contributed by atoms with E-state index >= 15 is 0 Å². The summed E-state index contributed by atoms with van der Waals surface area (Å²) in [4.78, 5) is 33.6. The van der Waals surface area contributed by atoms with Gasteiger partial charge in [0.1, 0.15) is 11.5 Å². The summed E-state index contributed by atoms with van der Waals surface area (Å²) in [7, 11) is 1.90. The fourth-order valence-electron chi connectivity index (χ4n) is 4.96. The van der Waals surface area contributed by atoms with Gasteiger partial charge in [0.2, 0.25) is 0 Å². The van der Waals surface area contributed by atoms with E-state index in [0.717, 1.165) is 31.1 Å². The van der Waals surface area contributed by atoms with E-state index in [9.17, 15) is 14.4 Å². The molecule has 0 bridgehead atoms. The van der Waals surface area contributed by atoms with Gasteiger partial charge in [-0.05, 0) is 80.3 Å². The largest absolute Gasteiger partial charge is 0.487 e. The first-order valence-electron chi connectivity index (χ1n) is 17.3. The van der Waals surface area contributed by atoms with Crippen molar-refractivity contribution in [2.45, 2.75) is 38.2 Å². The quantitative estimate of drug-likeness (QED) is 0.0704. The summed E-state index contributed by atoms with van der Waals surface area (Å²) in [5.41, 5.74) is 0. The van der Waals surface area contributed by atoms with Crippen LogP contribution >= 0.6 is 0 Å². The average Bonchev–Trinajstić information content (AvgIpc) is 3.62. The minimum absolute atomic E-state index is 0.238. The van der Waals surface area contributed by atoms with Crippen molar-refractivity contribution >= 4 is 17.9 Å². The third-order valence-corrected chi connectivity index (χ3v) is 7.53. The molecular weight excluding hydrogens is 686 g/mol. The molecule has 10 nitrogen and oxygen atoms in total. The summed E-state index contributed by atoms with van der Waals surface area (Å²) in [6.07, 6.45) is 13.1. The summed E-state index contributed by atoms with van der Waals surface area (Å²) in [6.45, 7) is 10.1. The molecule has 1 heterocycles. The van der Waals surface area contributed by atoms with Crippen molar-refractivity contribution in [3.63, 3.8) is 0 Å². The topological polar surface area (TPSA) is 112 Å². The van der Waals surface area contributed by atoms with E-state index < -0.39 is 17.9 Å². The van der Waals surface area contributed by atoms with Crippen LogP contribution in [0, 0.1) is 0 Å². The zero-order chi connectivity index (χ0) is 38.5. The van der Waals surface area contributed by atoms with Crippen molar-refractivity contribution < 1.29 is 42.8 Å². The molecule has 5 aromatic rings. The molecule has 0 radical (unpaired) electrons. The summed E-state index contributed by atoms with van der Waals surface area (Å²) in [6, 6.07) is 32.3. The van der Waals surface area contributed by atoms with E-state index in [0.29, 0.717) is 46.0 Å². The maximum absolute atomic E-state index is 11.2. The van der Waals surface area contributed by atoms with Crippen LogP contribution in [0.3, 0.4) is 0 Å². The summed E-state index contributed by atoms with van der Waals surface area (Å²) >= 11 is 0. The minimum atomic E-state index is -0.515. The number of hydrogen-bond donors (Lipinski definition) is 0. The number of carbonyl (C=O) groups excluding carboxylic acids is 3. The number of aryl methyl sites for hydroxylation is 1. The van der Waals surface area contributed by atoms with Gasteiger partial charge >= 0.3 is 17.9 Å². The fourth-order valence-corrected chi connectivity index (χ4v) is 4.96. The lowest BCUT2D eigenvalue weighted by Gasteiger charge is -2.23. The van der Waals surface area contributed by atoms with Crippen LogP contribution in [0.1, 0.15) is 32.1 Å². The first-order chi connectivity index (χ1) is 26.3. The summed E-state index contributed by atoms with van der Waals surface area (Å²) < 4.78 is 34.4. The van der Waals surface area contributed by atoms with Crippen molar-refractivity contribution in [2.24, 2.45) is 7.05 Å². The van der Waals surface area contributed by atoms with Gasteiger partial charge in [0, 0.05) is 37.7 Å². The number of aromatic nitrogens is 1. The Labute approximate surface area is 315 Å². The average molecular weight is 730 g/mol. The number of rotatable bonds is 12. The highest BCUT2D eigenvalue weighted by Crippen LogP contribution is 2.33. The molecule has 0 N–H and O–H groups in total. The smallest absolute Gasteiger partial charge is 0.335 e. The van der Waals surface area contributed by atoms with E-state index in [4.69, 9.17) is 28.4 Å². The second-order valence-corrected chi connectivity index (χ2v) is 11.6. The Morgan fingerprint density at radius 2 is 0.944 bits per heavy atom. The van der Waals surface area contributed by atoms with Gasteiger partial charge in [-0.25, -0.2) is 14.4 Å². The molecule has 1 saturated carbocycles. The molecule has 0 atom stereocenters. The predicted molar refractivity (Wildman–Crippen MR) is 206 cm³/mol. The molecule has 54 heavy (non-hydrogen) atoms. The minimum Gasteiger partial charge on any atom is -0.487 e. The summed E-state index contributed by atoms with van der Waals surface area (Å²) in [5, 5.41) is 0. The standard InChI is InChI=1S/C15H18O3.C15H12O3.C14H13NO3/c2*1-2-15(16)18-14-11-7-6-10-13(14)17-12-8-4-3-5-9-12;1-3-14(16)18-13-7-5-4-6-12(13)17-11-8-9-15(2)10-11/h2,6-7,10-12H,1,3-5,8-9H2;2-11H,1H2;3-10H,1H2,2H3. The first kappa shape index (κ1) is 40.0. The molecule has 1 aromatic heterocycles. The molecule has 0 saturated heterocycles. The number of carbonyl (C=O) groups is 3. The van der Waals surface area contributed by atoms with Crippen LogP contribution in [0.2, 0.25) is 0 Å². The highest BCUT2D eigenvalue weighted by molar-refractivity contribution is 5.84. The van der Waals surface area contributed by atoms with E-state index in [1.54, 1.807) is 42.5 Å². The molecular formula is C44H43NO9. The fraction of sp³-hybridized carbons (Fsp3) is 0.159. The van der Waals surface area contributed by atoms with Gasteiger partial charge in [0.25, 0.3) is 0 Å². The second-order valence-electron chi connectivity index (χ2n) is 11.6. The van der Waals surface area contributed by atoms with Gasteiger partial charge in [0.05, 0.1) is 6.10 Å². The Morgan fingerprint density at radius 1 is 0.537 bits per heavy atom. The van der Waals surface area contributed by atoms with Crippen LogP contribution in [0.5, 0.6) is 46.0 Å². The first-order valence-corrected chi connectivity index (χ1v) is 17.3. The van der Waals surface area contributed by atoms with Crippen LogP contribution < -0.4 is 28.4 Å². The highest BCUT2D eigenvalue weighted by Gasteiger charge is 2.17. The van der Waals surface area contributed by atoms with E-state index in [1.165, 1.54) is 19.3 Å². The van der Waals surface area contributed by atoms with E-state index in [2.05, 4.69) is 19.7 Å². The molecule has 0 unspecified atom stereocenters. The van der Waals surface area contributed by atoms with Crippen molar-refractivity contribution in [3.8, 4) is 46.0 Å². The van der Waals surface area contributed by atoms with Crippen molar-refractivity contribution in [1.82, 2.24) is 4.57 Å². The van der Waals surface area contributed by atoms with Gasteiger partial charge in [0.15, 0.2) is 34.5 Å². The second kappa shape index (κ2) is 21.5. The lowest BCUT2D eigenvalue weighted by Crippen LogP contribution is -2.20. The monoisotopic (exact) mass is 729 g/mol. The van der Waals surface area contributed by atoms with Crippen molar-refractivity contribution in [3.05, 3.63) is 160 Å². The van der Waals surface area contributed by atoms with Crippen LogP contribution in [-0.4, -0.2) is 28.6 Å². The number of nitrogens with zero attached hydrogens (tertiary/aromatic N) is 1. The Hall–Kier alpha value is -6.81. The Morgan fingerprint density at radius 3 is 1.39 bits per heavy atom.